The molecular weight excluding hydrogens is 1970 g/mol. The van der Waals surface area contributed by atoms with Gasteiger partial charge in [0.25, 0.3) is 0 Å². The highest BCUT2D eigenvalue weighted by molar-refractivity contribution is 5.75. The Kier molecular flexibility index (Phi) is 44.1. The summed E-state index contributed by atoms with van der Waals surface area (Å²) >= 11 is 0. The first kappa shape index (κ1) is 119. The van der Waals surface area contributed by atoms with Gasteiger partial charge in [0.15, 0.2) is 69.2 Å². The third kappa shape index (κ3) is 27.1. The number of ether oxygens (including phenoxy) is 22. The maximum absolute atomic E-state index is 13.6. The zero-order valence-electron chi connectivity index (χ0n) is 77.4. The minimum atomic E-state index is -2.60. The van der Waals surface area contributed by atoms with E-state index in [2.05, 4.69) is 31.9 Å². The van der Waals surface area contributed by atoms with Crippen molar-refractivity contribution in [2.24, 2.45) is 0 Å². The van der Waals surface area contributed by atoms with Gasteiger partial charge in [0.1, 0.15) is 268 Å². The second-order valence-corrected chi connectivity index (χ2v) is 36.0. The second kappa shape index (κ2) is 53.3. The molecule has 0 aliphatic carbocycles. The highest BCUT2D eigenvalue weighted by atomic mass is 16.8. The Labute approximate surface area is 815 Å². The largest absolute Gasteiger partial charge is 0.394 e. The van der Waals surface area contributed by atoms with Crippen molar-refractivity contribution in [2.45, 2.75) is 378 Å². The van der Waals surface area contributed by atoms with Gasteiger partial charge in [-0.05, 0) is 0 Å². The monoisotopic (exact) mass is 2110 g/mol. The van der Waals surface area contributed by atoms with Crippen LogP contribution in [0.2, 0.25) is 0 Å². The van der Waals surface area contributed by atoms with E-state index in [1.54, 1.807) is 0 Å². The maximum Gasteiger partial charge on any atom is 0.217 e. The van der Waals surface area contributed by atoms with Crippen LogP contribution in [0.15, 0.2) is 0 Å². The molecule has 56 atom stereocenters. The van der Waals surface area contributed by atoms with Crippen LogP contribution < -0.4 is 31.9 Å². The molecule has 11 heterocycles. The average Bonchev–Trinajstić information content (AvgIpc) is 0.727. The lowest BCUT2D eigenvalue weighted by atomic mass is 9.93. The average molecular weight is 2110 g/mol. The molecule has 11 aliphatic rings. The van der Waals surface area contributed by atoms with Crippen LogP contribution in [0, 0.1) is 0 Å². The quantitative estimate of drug-likeness (QED) is 0.0252. The molecule has 0 unspecified atom stereocenters. The smallest absolute Gasteiger partial charge is 0.217 e. The summed E-state index contributed by atoms with van der Waals surface area (Å²) in [4.78, 5) is 76.3. The number of aliphatic hydroxyl groups is 30. The van der Waals surface area contributed by atoms with Crippen LogP contribution in [0.25, 0.3) is 0 Å². The van der Waals surface area contributed by atoms with Gasteiger partial charge in [0, 0.05) is 34.6 Å². The Morgan fingerprint density at radius 1 is 0.229 bits per heavy atom. The summed E-state index contributed by atoms with van der Waals surface area (Å²) in [6, 6.07) is -10.8. The topological polar surface area (TPSA) is 985 Å². The van der Waals surface area contributed by atoms with Gasteiger partial charge in [0.2, 0.25) is 35.9 Å². The zero-order valence-corrected chi connectivity index (χ0v) is 77.4. The maximum atomic E-state index is 13.6. The molecule has 64 heteroatoms. The summed E-state index contributed by atoms with van der Waals surface area (Å²) in [6.45, 7) is -8.93. The van der Waals surface area contributed by atoms with Gasteiger partial charge >= 0.3 is 0 Å². The molecule has 11 saturated heterocycles. The normalized spacial score (nSPS) is 47.3. The number of nitrogens with one attached hydrogen (secondary N) is 6. The summed E-state index contributed by atoms with van der Waals surface area (Å²) in [5.41, 5.74) is 0. The first-order chi connectivity index (χ1) is 68.3. The number of amides is 6. The van der Waals surface area contributed by atoms with Crippen molar-refractivity contribution in [1.29, 1.82) is 0 Å². The molecule has 64 nitrogen and oxygen atoms in total. The molecule has 0 aromatic carbocycles. The van der Waals surface area contributed by atoms with Crippen LogP contribution in [-0.2, 0) is 133 Å². The molecule has 0 radical (unpaired) electrons. The van der Waals surface area contributed by atoms with Crippen molar-refractivity contribution in [3.63, 3.8) is 0 Å². The Hall–Kier alpha value is -5.26. The molecule has 0 aromatic heterocycles. The number of aliphatic hydroxyl groups excluding tert-OH is 30. The molecule has 6 amide bonds. The lowest BCUT2D eigenvalue weighted by Gasteiger charge is -2.51. The van der Waals surface area contributed by atoms with E-state index in [1.807, 2.05) is 0 Å². The fraction of sp³-hybridized carbons (Fsp3) is 0.925. The van der Waals surface area contributed by atoms with Crippen molar-refractivity contribution in [1.82, 2.24) is 31.9 Å². The first-order valence-corrected chi connectivity index (χ1v) is 45.9. The molecule has 0 spiro atoms. The summed E-state index contributed by atoms with van der Waals surface area (Å²) < 4.78 is 131. The molecule has 11 fully saturated rings. The summed E-state index contributed by atoms with van der Waals surface area (Å²) in [5.74, 6) is -4.87. The van der Waals surface area contributed by atoms with Crippen LogP contribution in [0.1, 0.15) is 34.6 Å². The van der Waals surface area contributed by atoms with E-state index < -0.39 is 459 Å². The van der Waals surface area contributed by atoms with Crippen molar-refractivity contribution < 1.29 is 286 Å². The van der Waals surface area contributed by atoms with Gasteiger partial charge in [-0.1, -0.05) is 0 Å². The lowest BCUT2D eigenvalue weighted by molar-refractivity contribution is -0.393. The van der Waals surface area contributed by atoms with Gasteiger partial charge in [-0.25, -0.2) is 0 Å². The predicted molar refractivity (Wildman–Crippen MR) is 444 cm³/mol. The van der Waals surface area contributed by atoms with Crippen molar-refractivity contribution in [3.05, 3.63) is 0 Å². The van der Waals surface area contributed by atoms with E-state index in [0.29, 0.717) is 0 Å². The number of rotatable bonds is 42. The Morgan fingerprint density at radius 3 is 0.722 bits per heavy atom. The Bertz CT molecular complexity index is 3930. The van der Waals surface area contributed by atoms with E-state index >= 15 is 0 Å². The van der Waals surface area contributed by atoms with Gasteiger partial charge in [-0.3, -0.25) is 28.8 Å². The number of carbonyl (C=O) groups excluding carboxylic acids is 6. The van der Waals surface area contributed by atoms with E-state index in [9.17, 15) is 182 Å². The second-order valence-electron chi connectivity index (χ2n) is 36.0. The van der Waals surface area contributed by atoms with Gasteiger partial charge < -0.3 is 289 Å². The minimum Gasteiger partial charge on any atom is -0.394 e. The molecule has 144 heavy (non-hydrogen) atoms. The van der Waals surface area contributed by atoms with Crippen LogP contribution in [-0.4, -0.2) is 619 Å². The van der Waals surface area contributed by atoms with E-state index in [1.165, 1.54) is 0 Å². The van der Waals surface area contributed by atoms with Crippen LogP contribution in [0.4, 0.5) is 0 Å². The highest BCUT2D eigenvalue weighted by Gasteiger charge is 2.63. The van der Waals surface area contributed by atoms with E-state index in [0.717, 1.165) is 34.6 Å². The summed E-state index contributed by atoms with van der Waals surface area (Å²) in [6.07, 6.45) is -106. The molecule has 0 aromatic rings. The number of carbonyl (C=O) groups is 6. The first-order valence-electron chi connectivity index (χ1n) is 45.9. The molecule has 832 valence electrons. The SMILES string of the molecule is CC(=O)N[C@H]1[C@H](O[C@H]2[C@@H](O)[C@@H](CO)O[C@@H](O[C@H]3[C@H](O)[C@@H](O)[C@H](OC[C@@H](CO)NC=O)O[C@@H]3CO)[C@@H]2O)O[C@H](CO)[C@@H](O[C@@H]2O[C@H](CO[C@@H]3O[C@H](CO)[C@@H](O)[C@H](O)[C@H]3NC(C)=O)[C@H](O)[C@H](O[C@@H]3O[C@H](CO)[C@@H](O[C@@H]4O[C@H](CO[C@@H]5O[C@H](CO)[C@@H](O)[C@H](O)[C@H]5NC(C)=O)[C@H](O)[C@H](O[C@@H]5O[C@H](CO)[C@@H](O[C@@H]6O[C@H](CO)[C@H](O)[C@H](O[C@H]7O[C@H](CO)[C@H](O)[C@H](O)[C@H]7O)[C@H]6O)[C@H](O)[C@H]5NC(C)=O)[C@H]4O)[C@H](O)[C@H]3NC(C)=O)[C@H]2O)[C@@H]1O. The highest BCUT2D eigenvalue weighted by Crippen LogP contribution is 2.42. The number of hydrogen-bond acceptors (Lipinski definition) is 58. The van der Waals surface area contributed by atoms with Crippen molar-refractivity contribution in [2.75, 3.05) is 85.9 Å². The van der Waals surface area contributed by atoms with Gasteiger partial charge in [-0.15, -0.1) is 0 Å². The molecule has 11 aliphatic heterocycles. The standard InChI is InChI=1S/C80H134N6O58/c1-20(98)82-37-49(110)42(103)26(7-88)126-70(37)124-17-35-47(108)68(142-73-40(85-23(4)101)51(112)62(31(12-93)132-73)137-77-59(120)67(46(107)30(11-92)129-77)144-76-56(117)54(115)44(105)28(9-90)128-76)60(121)80(136-35)139-64-33(14-95)133-74(41(53(64)114)86-24(5)102)143-69-48(109)36(18-125-71-38(83-21(2)99)50(111)43(104)27(8-89)127-71)135-79(61(69)122)138-63-32(13-94)131-72(39(52(63)113)84-22(3)100)141-66-45(106)29(10-91)130-78(58(66)119)140-65-34(15-96)134-75(57(118)55(65)116)123-16-25(6-87)81-19-97/h19,25-80,87-96,103-122H,6-18H2,1-5H3,(H,81,97)(H,82,98)(H,83,99)(H,84,100)(H,85,101)(H,86,102)/t25-,26-,27-,28-,29-,30-,31-,32-,33-,34-,35-,36-,37-,38-,39-,40-,41-,42-,43-,44+,45+,46+,47+,48+,49-,50-,51-,52-,53-,54+,55-,56-,57-,58-,59-,60-,61-,62-,63-,64-,65-,66+,67+,68+,69+,70-,71-,72+,73+,74+,75-,76-,77+,78+,79+,80+/m1/s1. The predicted octanol–water partition coefficient (Wildman–Crippen LogP) is -25.1. The third-order valence-electron chi connectivity index (χ3n) is 25.9. The van der Waals surface area contributed by atoms with E-state index in [-0.39, 0.29) is 6.41 Å². The van der Waals surface area contributed by atoms with Gasteiger partial charge in [-0.2, -0.15) is 0 Å². The molecule has 0 bridgehead atoms. The Balaban J connectivity index is 0.881. The fourth-order valence-electron chi connectivity index (χ4n) is 18.3. The Morgan fingerprint density at radius 2 is 0.444 bits per heavy atom. The molecular formula is C80H134N6O58. The lowest BCUT2D eigenvalue weighted by Crippen LogP contribution is -2.71. The molecule has 36 N–H and O–H groups in total. The number of hydrogen-bond donors (Lipinski definition) is 36. The molecule has 0 saturated carbocycles. The van der Waals surface area contributed by atoms with Gasteiger partial charge in [0.05, 0.1) is 91.9 Å². The minimum absolute atomic E-state index is 0.234. The third-order valence-corrected chi connectivity index (χ3v) is 25.9. The zero-order chi connectivity index (χ0) is 106. The van der Waals surface area contributed by atoms with Crippen molar-refractivity contribution >= 4 is 35.9 Å². The van der Waals surface area contributed by atoms with E-state index in [4.69, 9.17) is 104 Å². The van der Waals surface area contributed by atoms with Crippen molar-refractivity contribution in [3.8, 4) is 0 Å². The summed E-state index contributed by atoms with van der Waals surface area (Å²) in [7, 11) is 0. The summed E-state index contributed by atoms with van der Waals surface area (Å²) in [5, 5.41) is 352. The van der Waals surface area contributed by atoms with Crippen LogP contribution >= 0.6 is 0 Å². The van der Waals surface area contributed by atoms with Crippen LogP contribution in [0.5, 0.6) is 0 Å². The molecule has 11 rings (SSSR count). The van der Waals surface area contributed by atoms with Crippen LogP contribution in [0.3, 0.4) is 0 Å². The fourth-order valence-corrected chi connectivity index (χ4v) is 18.3.